The predicted molar refractivity (Wildman–Crippen MR) is 86.6 cm³/mol. The number of carbonyl (C=O) groups excluding carboxylic acids is 1. The second-order valence-corrected chi connectivity index (χ2v) is 8.40. The van der Waals surface area contributed by atoms with Crippen molar-refractivity contribution in [1.29, 1.82) is 0 Å². The van der Waals surface area contributed by atoms with Crippen molar-refractivity contribution in [2.45, 2.75) is 13.3 Å². The summed E-state index contributed by atoms with van der Waals surface area (Å²) in [6, 6.07) is 9.52. The van der Waals surface area contributed by atoms with E-state index in [0.29, 0.717) is 6.54 Å². The number of pyridine rings is 1. The van der Waals surface area contributed by atoms with E-state index in [4.69, 9.17) is 10.7 Å². The molecule has 1 fully saturated rings. The van der Waals surface area contributed by atoms with Gasteiger partial charge in [-0.05, 0) is 19.1 Å². The van der Waals surface area contributed by atoms with Crippen LogP contribution in [-0.2, 0) is 13.8 Å². The molecule has 1 amide bonds. The molecule has 0 N–H and O–H groups in total. The first-order valence-corrected chi connectivity index (χ1v) is 9.40. The van der Waals surface area contributed by atoms with Crippen molar-refractivity contribution in [3.05, 3.63) is 36.0 Å². The van der Waals surface area contributed by atoms with Crippen LogP contribution in [-0.4, -0.2) is 31.6 Å². The molecule has 1 aliphatic rings. The lowest BCUT2D eigenvalue weighted by Crippen LogP contribution is -2.25. The van der Waals surface area contributed by atoms with E-state index in [0.717, 1.165) is 22.3 Å². The highest BCUT2D eigenvalue weighted by Crippen LogP contribution is 2.31. The number of aromatic nitrogens is 1. The zero-order valence-electron chi connectivity index (χ0n) is 12.0. The van der Waals surface area contributed by atoms with E-state index in [1.807, 2.05) is 37.3 Å². The fourth-order valence-electron chi connectivity index (χ4n) is 2.85. The maximum Gasteiger partial charge on any atom is 0.232 e. The Morgan fingerprint density at radius 3 is 2.82 bits per heavy atom. The molecule has 1 unspecified atom stereocenters. The summed E-state index contributed by atoms with van der Waals surface area (Å²) in [5, 5.41) is 0.948. The fraction of sp³-hybridized carbons (Fsp3) is 0.333. The molecule has 1 saturated heterocycles. The second kappa shape index (κ2) is 5.52. The van der Waals surface area contributed by atoms with E-state index in [9.17, 15) is 13.2 Å². The zero-order chi connectivity index (χ0) is 15.9. The van der Waals surface area contributed by atoms with Gasteiger partial charge in [-0.3, -0.25) is 9.78 Å². The number of anilines is 1. The third kappa shape index (κ3) is 3.08. The van der Waals surface area contributed by atoms with Crippen LogP contribution in [0.3, 0.4) is 0 Å². The van der Waals surface area contributed by atoms with E-state index in [1.54, 1.807) is 4.90 Å². The molecule has 0 aliphatic carbocycles. The Morgan fingerprint density at radius 1 is 1.32 bits per heavy atom. The minimum Gasteiger partial charge on any atom is -0.310 e. The van der Waals surface area contributed by atoms with Gasteiger partial charge in [0.15, 0.2) is 0 Å². The number of hydrogen-bond donors (Lipinski definition) is 0. The first-order chi connectivity index (χ1) is 10.3. The van der Waals surface area contributed by atoms with Crippen molar-refractivity contribution >= 4 is 42.2 Å². The van der Waals surface area contributed by atoms with Crippen molar-refractivity contribution < 1.29 is 13.2 Å². The Morgan fingerprint density at radius 2 is 2.09 bits per heavy atom. The average Bonchev–Trinajstić information content (AvgIpc) is 2.76. The van der Waals surface area contributed by atoms with Gasteiger partial charge in [0.2, 0.25) is 15.0 Å². The predicted octanol–water partition coefficient (Wildman–Crippen LogP) is 2.46. The van der Waals surface area contributed by atoms with Crippen molar-refractivity contribution in [3.63, 3.8) is 0 Å². The van der Waals surface area contributed by atoms with Gasteiger partial charge in [-0.1, -0.05) is 18.2 Å². The highest BCUT2D eigenvalue weighted by Gasteiger charge is 2.34. The Hall–Kier alpha value is -1.66. The van der Waals surface area contributed by atoms with Crippen LogP contribution in [0, 0.1) is 12.8 Å². The Bertz CT molecular complexity index is 851. The summed E-state index contributed by atoms with van der Waals surface area (Å²) in [6.45, 7) is 2.24. The first-order valence-electron chi connectivity index (χ1n) is 6.92. The topological polar surface area (TPSA) is 67.3 Å². The molecule has 0 spiro atoms. The second-order valence-electron chi connectivity index (χ2n) is 5.58. The van der Waals surface area contributed by atoms with Gasteiger partial charge in [-0.25, -0.2) is 8.42 Å². The molecule has 1 aliphatic heterocycles. The number of aryl methyl sites for hydroxylation is 1. The number of fused-ring (bicyclic) bond motifs is 1. The zero-order valence-corrected chi connectivity index (χ0v) is 13.6. The molecule has 0 radical (unpaired) electrons. The maximum absolute atomic E-state index is 12.3. The number of amides is 1. The summed E-state index contributed by atoms with van der Waals surface area (Å²) in [7, 11) is 1.69. The van der Waals surface area contributed by atoms with Crippen LogP contribution in [0.1, 0.15) is 12.1 Å². The number of hydrogen-bond acceptors (Lipinski definition) is 4. The molecule has 1 aromatic heterocycles. The van der Waals surface area contributed by atoms with E-state index in [-0.39, 0.29) is 24.0 Å². The largest absolute Gasteiger partial charge is 0.310 e. The molecule has 5 nitrogen and oxygen atoms in total. The summed E-state index contributed by atoms with van der Waals surface area (Å²) in [5.41, 5.74) is 2.34. The molecule has 22 heavy (non-hydrogen) atoms. The summed E-state index contributed by atoms with van der Waals surface area (Å²) < 4.78 is 22.4. The molecule has 0 bridgehead atoms. The number of carbonyl (C=O) groups is 1. The van der Waals surface area contributed by atoms with Gasteiger partial charge in [0.25, 0.3) is 0 Å². The van der Waals surface area contributed by atoms with Gasteiger partial charge in [0.05, 0.1) is 17.0 Å². The Labute approximate surface area is 133 Å². The molecule has 2 aromatic rings. The van der Waals surface area contributed by atoms with E-state index in [2.05, 4.69) is 4.98 Å². The third-order valence-electron chi connectivity index (χ3n) is 3.77. The van der Waals surface area contributed by atoms with Crippen LogP contribution < -0.4 is 4.90 Å². The van der Waals surface area contributed by atoms with Crippen LogP contribution in [0.25, 0.3) is 10.9 Å². The van der Waals surface area contributed by atoms with Crippen LogP contribution in [0.5, 0.6) is 0 Å². The number of benzene rings is 1. The average molecular weight is 339 g/mol. The summed E-state index contributed by atoms with van der Waals surface area (Å²) in [6.07, 6.45) is 0.189. The van der Waals surface area contributed by atoms with Crippen molar-refractivity contribution in [3.8, 4) is 0 Å². The molecular formula is C15H15ClN2O3S. The van der Waals surface area contributed by atoms with E-state index >= 15 is 0 Å². The standard InChI is InChI=1S/C15H15ClN2O3S/c1-10-5-6-12-3-2-4-13(15(12)17-10)18-8-11(7-14(18)19)9-22(16,20)21/h2-6,11H,7-9H2,1H3. The van der Waals surface area contributed by atoms with Gasteiger partial charge in [-0.15, -0.1) is 0 Å². The Balaban J connectivity index is 1.98. The quantitative estimate of drug-likeness (QED) is 0.806. The van der Waals surface area contributed by atoms with E-state index < -0.39 is 9.05 Å². The number of halogens is 1. The highest BCUT2D eigenvalue weighted by molar-refractivity contribution is 8.13. The molecule has 1 aromatic carbocycles. The fourth-order valence-corrected chi connectivity index (χ4v) is 4.18. The normalized spacial score (nSPS) is 19.1. The molecular weight excluding hydrogens is 324 g/mol. The van der Waals surface area contributed by atoms with Crippen LogP contribution in [0.2, 0.25) is 0 Å². The number of para-hydroxylation sites is 1. The lowest BCUT2D eigenvalue weighted by molar-refractivity contribution is -0.117. The molecule has 1 atom stereocenters. The molecule has 116 valence electrons. The third-order valence-corrected chi connectivity index (χ3v) is 5.02. The van der Waals surface area contributed by atoms with Gasteiger partial charge >= 0.3 is 0 Å². The van der Waals surface area contributed by atoms with Gasteiger partial charge in [-0.2, -0.15) is 0 Å². The number of nitrogens with zero attached hydrogens (tertiary/aromatic N) is 2. The lowest BCUT2D eigenvalue weighted by atomic mass is 10.1. The summed E-state index contributed by atoms with van der Waals surface area (Å²) in [5.74, 6) is -0.565. The SMILES string of the molecule is Cc1ccc2cccc(N3CC(CS(=O)(=O)Cl)CC3=O)c2n1. The summed E-state index contributed by atoms with van der Waals surface area (Å²) in [4.78, 5) is 18.4. The minimum absolute atomic E-state index is 0.0962. The van der Waals surface area contributed by atoms with Crippen LogP contribution in [0.4, 0.5) is 5.69 Å². The summed E-state index contributed by atoms with van der Waals surface area (Å²) >= 11 is 0. The van der Waals surface area contributed by atoms with Crippen LogP contribution in [0.15, 0.2) is 30.3 Å². The van der Waals surface area contributed by atoms with Gasteiger partial charge < -0.3 is 4.90 Å². The van der Waals surface area contributed by atoms with Gasteiger partial charge in [0.1, 0.15) is 0 Å². The first kappa shape index (κ1) is 15.2. The highest BCUT2D eigenvalue weighted by atomic mass is 35.7. The molecule has 7 heteroatoms. The number of rotatable bonds is 3. The minimum atomic E-state index is -3.61. The molecule has 3 rings (SSSR count). The maximum atomic E-state index is 12.3. The van der Waals surface area contributed by atoms with Crippen LogP contribution >= 0.6 is 10.7 Å². The monoisotopic (exact) mass is 338 g/mol. The van der Waals surface area contributed by atoms with Crippen molar-refractivity contribution in [2.24, 2.45) is 5.92 Å². The molecule has 0 saturated carbocycles. The van der Waals surface area contributed by atoms with Crippen molar-refractivity contribution in [1.82, 2.24) is 4.98 Å². The molecule has 2 heterocycles. The lowest BCUT2D eigenvalue weighted by Gasteiger charge is -2.18. The smallest absolute Gasteiger partial charge is 0.232 e. The van der Waals surface area contributed by atoms with Crippen molar-refractivity contribution in [2.75, 3.05) is 17.2 Å². The van der Waals surface area contributed by atoms with E-state index in [1.165, 1.54) is 0 Å². The Kier molecular flexibility index (Phi) is 3.82. The van der Waals surface area contributed by atoms with Gasteiger partial charge in [0, 0.05) is 40.6 Å².